The van der Waals surface area contributed by atoms with Crippen LogP contribution in [0.4, 0.5) is 5.82 Å². The maximum atomic E-state index is 11.9. The van der Waals surface area contributed by atoms with Crippen molar-refractivity contribution >= 4 is 33.3 Å². The van der Waals surface area contributed by atoms with Gasteiger partial charge in [-0.15, -0.1) is 11.3 Å². The summed E-state index contributed by atoms with van der Waals surface area (Å²) in [5, 5.41) is 8.96. The van der Waals surface area contributed by atoms with E-state index in [1.165, 1.54) is 6.33 Å². The van der Waals surface area contributed by atoms with E-state index in [4.69, 9.17) is 0 Å². The number of carbonyl (C=O) groups excluding carboxylic acids is 1. The Balaban J connectivity index is 2.04. The Morgan fingerprint density at radius 3 is 2.89 bits per heavy atom. The molecule has 0 aromatic carbocycles. The van der Waals surface area contributed by atoms with E-state index in [1.54, 1.807) is 11.3 Å². The first-order valence-corrected chi connectivity index (χ1v) is 7.18. The minimum atomic E-state index is -0.322. The second kappa shape index (κ2) is 5.97. The van der Waals surface area contributed by atoms with Crippen LogP contribution >= 0.6 is 11.3 Å². The molecule has 0 saturated heterocycles. The first-order valence-electron chi connectivity index (χ1n) is 6.30. The predicted molar refractivity (Wildman–Crippen MR) is 78.3 cm³/mol. The Labute approximate surface area is 116 Å². The zero-order valence-electron chi connectivity index (χ0n) is 11.3. The summed E-state index contributed by atoms with van der Waals surface area (Å²) in [4.78, 5) is 21.2. The maximum Gasteiger partial charge on any atom is 0.242 e. The molecule has 2 aromatic rings. The van der Waals surface area contributed by atoms with Crippen molar-refractivity contribution < 1.29 is 4.79 Å². The molecule has 2 rings (SSSR count). The van der Waals surface area contributed by atoms with Crippen LogP contribution in [-0.4, -0.2) is 28.5 Å². The molecule has 0 spiro atoms. The van der Waals surface area contributed by atoms with E-state index in [-0.39, 0.29) is 11.9 Å². The van der Waals surface area contributed by atoms with Crippen LogP contribution in [0.2, 0.25) is 0 Å². The number of anilines is 1. The molecule has 1 unspecified atom stereocenters. The SMILES string of the molecule is CC(C)CNC(=O)C(C)Nc1ncnc2sccc12. The summed E-state index contributed by atoms with van der Waals surface area (Å²) in [5.41, 5.74) is 0. The van der Waals surface area contributed by atoms with Crippen molar-refractivity contribution in [2.45, 2.75) is 26.8 Å². The van der Waals surface area contributed by atoms with E-state index < -0.39 is 0 Å². The van der Waals surface area contributed by atoms with Crippen LogP contribution in [0, 0.1) is 5.92 Å². The average molecular weight is 278 g/mol. The van der Waals surface area contributed by atoms with Crippen molar-refractivity contribution in [2.24, 2.45) is 5.92 Å². The van der Waals surface area contributed by atoms with Gasteiger partial charge in [0.25, 0.3) is 0 Å². The molecule has 1 atom stereocenters. The number of rotatable bonds is 5. The highest BCUT2D eigenvalue weighted by atomic mass is 32.1. The van der Waals surface area contributed by atoms with Crippen LogP contribution in [0.3, 0.4) is 0 Å². The minimum Gasteiger partial charge on any atom is -0.358 e. The number of nitrogens with one attached hydrogen (secondary N) is 2. The van der Waals surface area contributed by atoms with Crippen LogP contribution in [-0.2, 0) is 4.79 Å². The molecule has 5 nitrogen and oxygen atoms in total. The third kappa shape index (κ3) is 3.41. The smallest absolute Gasteiger partial charge is 0.242 e. The van der Waals surface area contributed by atoms with Crippen molar-refractivity contribution in [3.05, 3.63) is 17.8 Å². The Kier molecular flexibility index (Phi) is 4.31. The van der Waals surface area contributed by atoms with Crippen molar-refractivity contribution in [3.63, 3.8) is 0 Å². The van der Waals surface area contributed by atoms with E-state index in [0.717, 1.165) is 10.2 Å². The quantitative estimate of drug-likeness (QED) is 0.880. The monoisotopic (exact) mass is 278 g/mol. The summed E-state index contributed by atoms with van der Waals surface area (Å²) in [5.74, 6) is 1.13. The van der Waals surface area contributed by atoms with E-state index in [9.17, 15) is 4.79 Å². The summed E-state index contributed by atoms with van der Waals surface area (Å²) in [7, 11) is 0. The molecule has 19 heavy (non-hydrogen) atoms. The van der Waals surface area contributed by atoms with Gasteiger partial charge in [0.2, 0.25) is 5.91 Å². The lowest BCUT2D eigenvalue weighted by Crippen LogP contribution is -2.39. The third-order valence-corrected chi connectivity index (χ3v) is 3.51. The van der Waals surface area contributed by atoms with Crippen LogP contribution in [0.15, 0.2) is 17.8 Å². The lowest BCUT2D eigenvalue weighted by molar-refractivity contribution is -0.121. The standard InChI is InChI=1S/C13H18N4OS/c1-8(2)6-14-12(18)9(3)17-11-10-4-5-19-13(10)16-7-15-11/h4-5,7-9H,6H2,1-3H3,(H,14,18)(H,15,16,17). The van der Waals surface area contributed by atoms with Crippen molar-refractivity contribution in [3.8, 4) is 0 Å². The van der Waals surface area contributed by atoms with Gasteiger partial charge in [0.15, 0.2) is 0 Å². The predicted octanol–water partition coefficient (Wildman–Crippen LogP) is 2.26. The Morgan fingerprint density at radius 1 is 1.37 bits per heavy atom. The molecule has 0 radical (unpaired) electrons. The number of hydrogen-bond donors (Lipinski definition) is 2. The Bertz CT molecular complexity index is 567. The molecule has 0 fully saturated rings. The molecular weight excluding hydrogens is 260 g/mol. The molecule has 0 aliphatic carbocycles. The van der Waals surface area contributed by atoms with Gasteiger partial charge in [-0.3, -0.25) is 4.79 Å². The van der Waals surface area contributed by atoms with Gasteiger partial charge < -0.3 is 10.6 Å². The molecule has 0 saturated carbocycles. The number of nitrogens with zero attached hydrogens (tertiary/aromatic N) is 2. The molecule has 102 valence electrons. The maximum absolute atomic E-state index is 11.9. The van der Waals surface area contributed by atoms with Crippen molar-refractivity contribution in [1.82, 2.24) is 15.3 Å². The molecule has 2 heterocycles. The molecule has 6 heteroatoms. The highest BCUT2D eigenvalue weighted by Crippen LogP contribution is 2.24. The van der Waals surface area contributed by atoms with Gasteiger partial charge in [-0.2, -0.15) is 0 Å². The molecular formula is C13H18N4OS. The number of hydrogen-bond acceptors (Lipinski definition) is 5. The van der Waals surface area contributed by atoms with Gasteiger partial charge in [-0.25, -0.2) is 9.97 Å². The topological polar surface area (TPSA) is 66.9 Å². The Morgan fingerprint density at radius 2 is 2.16 bits per heavy atom. The normalized spacial score (nSPS) is 12.6. The van der Waals surface area contributed by atoms with Gasteiger partial charge in [-0.1, -0.05) is 13.8 Å². The lowest BCUT2D eigenvalue weighted by atomic mass is 10.2. The lowest BCUT2D eigenvalue weighted by Gasteiger charge is -2.15. The number of carbonyl (C=O) groups is 1. The highest BCUT2D eigenvalue weighted by Gasteiger charge is 2.14. The Hall–Kier alpha value is -1.69. The summed E-state index contributed by atoms with van der Waals surface area (Å²) in [6.07, 6.45) is 1.51. The van der Waals surface area contributed by atoms with Crippen molar-refractivity contribution in [2.75, 3.05) is 11.9 Å². The van der Waals surface area contributed by atoms with Crippen LogP contribution < -0.4 is 10.6 Å². The van der Waals surface area contributed by atoms with E-state index in [1.807, 2.05) is 18.4 Å². The zero-order chi connectivity index (χ0) is 13.8. The molecule has 0 bridgehead atoms. The van der Waals surface area contributed by atoms with Crippen LogP contribution in [0.25, 0.3) is 10.2 Å². The summed E-state index contributed by atoms with van der Waals surface area (Å²) >= 11 is 1.56. The molecule has 0 aliphatic rings. The van der Waals surface area contributed by atoms with Gasteiger partial charge in [-0.05, 0) is 24.3 Å². The number of fused-ring (bicyclic) bond motifs is 1. The molecule has 1 amide bonds. The van der Waals surface area contributed by atoms with Gasteiger partial charge in [0.05, 0.1) is 5.39 Å². The fourth-order valence-corrected chi connectivity index (χ4v) is 2.37. The first kappa shape index (κ1) is 13.7. The van der Waals surface area contributed by atoms with Crippen molar-refractivity contribution in [1.29, 1.82) is 0 Å². The fraction of sp³-hybridized carbons (Fsp3) is 0.462. The fourth-order valence-electron chi connectivity index (χ4n) is 1.63. The summed E-state index contributed by atoms with van der Waals surface area (Å²) in [6, 6.07) is 1.64. The minimum absolute atomic E-state index is 0.0179. The van der Waals surface area contributed by atoms with Gasteiger partial charge in [0.1, 0.15) is 23.0 Å². The van der Waals surface area contributed by atoms with Gasteiger partial charge >= 0.3 is 0 Å². The first-order chi connectivity index (χ1) is 9.08. The van der Waals surface area contributed by atoms with E-state index >= 15 is 0 Å². The molecule has 0 aliphatic heterocycles. The van der Waals surface area contributed by atoms with E-state index in [0.29, 0.717) is 18.3 Å². The zero-order valence-corrected chi connectivity index (χ0v) is 12.1. The molecule has 2 N–H and O–H groups in total. The van der Waals surface area contributed by atoms with Crippen LogP contribution in [0.5, 0.6) is 0 Å². The molecule has 2 aromatic heterocycles. The summed E-state index contributed by atoms with van der Waals surface area (Å²) < 4.78 is 0. The largest absolute Gasteiger partial charge is 0.358 e. The third-order valence-electron chi connectivity index (χ3n) is 2.69. The van der Waals surface area contributed by atoms with Crippen LogP contribution in [0.1, 0.15) is 20.8 Å². The van der Waals surface area contributed by atoms with Gasteiger partial charge in [0, 0.05) is 6.54 Å². The number of aromatic nitrogens is 2. The number of thiophene rings is 1. The summed E-state index contributed by atoms with van der Waals surface area (Å²) in [6.45, 7) is 6.65. The average Bonchev–Trinajstić information content (AvgIpc) is 2.85. The number of amides is 1. The highest BCUT2D eigenvalue weighted by molar-refractivity contribution is 7.16. The van der Waals surface area contributed by atoms with E-state index in [2.05, 4.69) is 34.4 Å². The second-order valence-corrected chi connectivity index (χ2v) is 5.76. The second-order valence-electron chi connectivity index (χ2n) is 4.87.